The molecular formula is C31H28F3N3O2. The fraction of sp³-hybridized carbons (Fsp3) is 0.290. The van der Waals surface area contributed by atoms with Crippen LogP contribution in [-0.2, 0) is 34.3 Å². The number of hydrogen-bond donors (Lipinski definition) is 1. The van der Waals surface area contributed by atoms with Crippen LogP contribution in [-0.4, -0.2) is 39.7 Å². The van der Waals surface area contributed by atoms with Crippen molar-refractivity contribution in [2.45, 2.75) is 44.4 Å². The summed E-state index contributed by atoms with van der Waals surface area (Å²) >= 11 is 0. The zero-order chi connectivity index (χ0) is 27.5. The molecule has 0 bridgehead atoms. The van der Waals surface area contributed by atoms with Crippen LogP contribution in [0.4, 0.5) is 13.2 Å². The van der Waals surface area contributed by atoms with Gasteiger partial charge in [-0.2, -0.15) is 13.2 Å². The van der Waals surface area contributed by atoms with Crippen molar-refractivity contribution in [3.05, 3.63) is 106 Å². The summed E-state index contributed by atoms with van der Waals surface area (Å²) in [5, 5.41) is 0.994. The first-order chi connectivity index (χ1) is 18.6. The maximum Gasteiger partial charge on any atom is 0.416 e. The van der Waals surface area contributed by atoms with Gasteiger partial charge in [0, 0.05) is 29.9 Å². The number of para-hydroxylation sites is 1. The molecule has 1 saturated heterocycles. The number of carbonyl (C=O) groups is 2. The van der Waals surface area contributed by atoms with Gasteiger partial charge in [-0.1, -0.05) is 61.5 Å². The van der Waals surface area contributed by atoms with Gasteiger partial charge in [0.2, 0.25) is 5.91 Å². The molecule has 1 N–H and O–H groups in total. The fourth-order valence-corrected chi connectivity index (χ4v) is 6.15. The Kier molecular flexibility index (Phi) is 5.82. The summed E-state index contributed by atoms with van der Waals surface area (Å²) in [5.41, 5.74) is 3.02. The maximum atomic E-state index is 14.2. The summed E-state index contributed by atoms with van der Waals surface area (Å²) in [6.45, 7) is 3.90. The van der Waals surface area contributed by atoms with E-state index in [1.165, 1.54) is 16.5 Å². The highest BCUT2D eigenvalue weighted by Gasteiger charge is 2.56. The average molecular weight is 532 g/mol. The number of aromatic nitrogens is 1. The Hall–Kier alpha value is -4.07. The van der Waals surface area contributed by atoms with Crippen LogP contribution in [0.25, 0.3) is 10.9 Å². The highest BCUT2D eigenvalue weighted by Crippen LogP contribution is 2.48. The van der Waals surface area contributed by atoms with Crippen LogP contribution < -0.4 is 0 Å². The van der Waals surface area contributed by atoms with Gasteiger partial charge in [0.1, 0.15) is 6.54 Å². The molecule has 8 heteroatoms. The number of aryl methyl sites for hydroxylation is 1. The van der Waals surface area contributed by atoms with E-state index in [1.54, 1.807) is 17.9 Å². The minimum absolute atomic E-state index is 0.0879. The van der Waals surface area contributed by atoms with Gasteiger partial charge in [0.15, 0.2) is 5.54 Å². The molecule has 0 unspecified atom stereocenters. The number of fused-ring (bicyclic) bond motifs is 5. The third kappa shape index (κ3) is 4.01. The second-order valence-corrected chi connectivity index (χ2v) is 10.5. The number of nitrogens with one attached hydrogen (secondary N) is 1. The van der Waals surface area contributed by atoms with Crippen LogP contribution >= 0.6 is 0 Å². The van der Waals surface area contributed by atoms with E-state index in [4.69, 9.17) is 0 Å². The molecule has 2 aliphatic rings. The van der Waals surface area contributed by atoms with Gasteiger partial charge in [-0.3, -0.25) is 9.59 Å². The van der Waals surface area contributed by atoms with Crippen molar-refractivity contribution < 1.29 is 22.8 Å². The number of aromatic amines is 1. The molecule has 1 fully saturated rings. The minimum atomic E-state index is -4.49. The van der Waals surface area contributed by atoms with Gasteiger partial charge in [0.25, 0.3) is 5.91 Å². The van der Waals surface area contributed by atoms with E-state index in [0.717, 1.165) is 40.6 Å². The number of carbonyl (C=O) groups excluding carboxylic acids is 2. The van der Waals surface area contributed by atoms with Crippen LogP contribution in [0.3, 0.4) is 0 Å². The molecule has 39 heavy (non-hydrogen) atoms. The predicted molar refractivity (Wildman–Crippen MR) is 142 cm³/mol. The van der Waals surface area contributed by atoms with Gasteiger partial charge in [-0.15, -0.1) is 0 Å². The second kappa shape index (κ2) is 9.00. The smallest absolute Gasteiger partial charge is 0.356 e. The molecule has 2 amide bonds. The van der Waals surface area contributed by atoms with Crippen molar-refractivity contribution in [1.29, 1.82) is 0 Å². The summed E-state index contributed by atoms with van der Waals surface area (Å²) in [4.78, 5) is 34.3. The standard InChI is InChI=1S/C31H28F3N3O2/c1-3-19-11-13-21(14-12-19)24-17-37-26(38)18-36(16-20-7-6-8-22(15-20)31(32,33)34)29(39)30(37,2)28-27(24)23-9-4-5-10-25(23)35-28/h4-15,24,35H,3,16-18H2,1-2H3/t24-,30-/m0/s1. The molecule has 1 aromatic heterocycles. The molecule has 0 spiro atoms. The monoisotopic (exact) mass is 531 g/mol. The quantitative estimate of drug-likeness (QED) is 0.352. The number of nitrogens with zero attached hydrogens (tertiary/aromatic N) is 2. The van der Waals surface area contributed by atoms with E-state index in [9.17, 15) is 22.8 Å². The molecule has 3 heterocycles. The van der Waals surface area contributed by atoms with E-state index in [0.29, 0.717) is 17.8 Å². The van der Waals surface area contributed by atoms with Crippen LogP contribution in [0.2, 0.25) is 0 Å². The number of H-pyrrole nitrogens is 1. The fourth-order valence-electron chi connectivity index (χ4n) is 6.15. The van der Waals surface area contributed by atoms with E-state index < -0.39 is 17.3 Å². The molecule has 4 aromatic rings. The number of hydrogen-bond acceptors (Lipinski definition) is 2. The lowest BCUT2D eigenvalue weighted by Gasteiger charge is -2.51. The summed E-state index contributed by atoms with van der Waals surface area (Å²) in [7, 11) is 0. The van der Waals surface area contributed by atoms with Crippen molar-refractivity contribution in [2.75, 3.05) is 13.1 Å². The Balaban J connectivity index is 1.45. The first-order valence-electron chi connectivity index (χ1n) is 13.1. The summed E-state index contributed by atoms with van der Waals surface area (Å²) in [5.74, 6) is -0.683. The molecule has 0 aliphatic carbocycles. The lowest BCUT2D eigenvalue weighted by Crippen LogP contribution is -2.67. The number of piperazine rings is 1. The lowest BCUT2D eigenvalue weighted by atomic mass is 9.76. The van der Waals surface area contributed by atoms with Crippen molar-refractivity contribution >= 4 is 22.7 Å². The molecule has 0 radical (unpaired) electrons. The SMILES string of the molecule is CCc1ccc([C@@H]2CN3C(=O)CN(Cc4cccc(C(F)(F)F)c4)C(=O)[C@]3(C)c3[nH]c4ccccc4c32)cc1. The van der Waals surface area contributed by atoms with E-state index >= 15 is 0 Å². The zero-order valence-corrected chi connectivity index (χ0v) is 21.7. The van der Waals surface area contributed by atoms with Crippen LogP contribution in [0.5, 0.6) is 0 Å². The van der Waals surface area contributed by atoms with Crippen molar-refractivity contribution in [3.8, 4) is 0 Å². The van der Waals surface area contributed by atoms with E-state index in [1.807, 2.05) is 24.3 Å². The topological polar surface area (TPSA) is 56.4 Å². The van der Waals surface area contributed by atoms with Gasteiger partial charge in [-0.25, -0.2) is 0 Å². The third-order valence-electron chi connectivity index (χ3n) is 8.24. The van der Waals surface area contributed by atoms with Crippen LogP contribution in [0, 0.1) is 0 Å². The Morgan fingerprint density at radius 1 is 0.974 bits per heavy atom. The Bertz CT molecular complexity index is 1590. The normalized spacial score (nSPS) is 21.3. The third-order valence-corrected chi connectivity index (χ3v) is 8.24. The molecule has 200 valence electrons. The maximum absolute atomic E-state index is 14.2. The van der Waals surface area contributed by atoms with Gasteiger partial charge in [0.05, 0.1) is 11.3 Å². The Labute approximate surface area is 224 Å². The van der Waals surface area contributed by atoms with Crippen LogP contribution in [0.15, 0.2) is 72.8 Å². The summed E-state index contributed by atoms with van der Waals surface area (Å²) < 4.78 is 39.9. The second-order valence-electron chi connectivity index (χ2n) is 10.5. The zero-order valence-electron chi connectivity index (χ0n) is 21.7. The molecular weight excluding hydrogens is 503 g/mol. The Morgan fingerprint density at radius 3 is 2.44 bits per heavy atom. The molecule has 2 aliphatic heterocycles. The molecule has 3 aromatic carbocycles. The van der Waals surface area contributed by atoms with Crippen molar-refractivity contribution in [2.24, 2.45) is 0 Å². The van der Waals surface area contributed by atoms with Crippen LogP contribution in [0.1, 0.15) is 53.3 Å². The van der Waals surface area contributed by atoms with Gasteiger partial charge < -0.3 is 14.8 Å². The number of rotatable bonds is 4. The van der Waals surface area contributed by atoms with E-state index in [-0.39, 0.29) is 30.8 Å². The van der Waals surface area contributed by atoms with Crippen molar-refractivity contribution in [3.63, 3.8) is 0 Å². The summed E-state index contributed by atoms with van der Waals surface area (Å²) in [6, 6.07) is 21.1. The summed E-state index contributed by atoms with van der Waals surface area (Å²) in [6.07, 6.45) is -3.57. The van der Waals surface area contributed by atoms with Gasteiger partial charge in [-0.05, 0) is 53.8 Å². The first kappa shape index (κ1) is 25.2. The minimum Gasteiger partial charge on any atom is -0.356 e. The average Bonchev–Trinajstić information content (AvgIpc) is 3.32. The van der Waals surface area contributed by atoms with Crippen molar-refractivity contribution in [1.82, 2.24) is 14.8 Å². The lowest BCUT2D eigenvalue weighted by molar-refractivity contribution is -0.167. The first-order valence-corrected chi connectivity index (χ1v) is 13.1. The van der Waals surface area contributed by atoms with Gasteiger partial charge >= 0.3 is 6.18 Å². The molecule has 5 nitrogen and oxygen atoms in total. The number of halogens is 3. The predicted octanol–water partition coefficient (Wildman–Crippen LogP) is 5.98. The number of amides is 2. The molecule has 0 saturated carbocycles. The largest absolute Gasteiger partial charge is 0.416 e. The number of benzene rings is 3. The Morgan fingerprint density at radius 2 is 1.72 bits per heavy atom. The molecule has 6 rings (SSSR count). The number of alkyl halides is 3. The van der Waals surface area contributed by atoms with E-state index in [2.05, 4.69) is 36.2 Å². The highest BCUT2D eigenvalue weighted by atomic mass is 19.4. The highest BCUT2D eigenvalue weighted by molar-refractivity contribution is 6.01. The molecule has 2 atom stereocenters.